The molecule has 1 N–H and O–H groups in total. The zero-order valence-corrected chi connectivity index (χ0v) is 10.9. The summed E-state index contributed by atoms with van der Waals surface area (Å²) in [5.74, 6) is 2.58. The van der Waals surface area contributed by atoms with Crippen molar-refractivity contribution in [2.45, 2.75) is 33.1 Å². The van der Waals surface area contributed by atoms with Crippen LogP contribution in [0.25, 0.3) is 0 Å². The van der Waals surface area contributed by atoms with Crippen LogP contribution in [-0.4, -0.2) is 13.2 Å². The molecule has 1 aliphatic rings. The van der Waals surface area contributed by atoms with E-state index in [1.54, 1.807) is 0 Å². The molecule has 1 saturated carbocycles. The molecule has 0 heterocycles. The van der Waals surface area contributed by atoms with E-state index in [1.807, 2.05) is 6.07 Å². The molecule has 17 heavy (non-hydrogen) atoms. The van der Waals surface area contributed by atoms with Crippen LogP contribution in [0.15, 0.2) is 24.3 Å². The van der Waals surface area contributed by atoms with Crippen molar-refractivity contribution in [2.24, 2.45) is 11.8 Å². The van der Waals surface area contributed by atoms with Crippen molar-refractivity contribution in [3.8, 4) is 5.75 Å². The monoisotopic (exact) mass is 233 g/mol. The molecule has 0 amide bonds. The molecule has 0 unspecified atom stereocenters. The second-order valence-electron chi connectivity index (χ2n) is 5.38. The fourth-order valence-electron chi connectivity index (χ4n) is 1.69. The Labute approximate surface area is 104 Å². The summed E-state index contributed by atoms with van der Waals surface area (Å²) < 4.78 is 5.74. The van der Waals surface area contributed by atoms with Gasteiger partial charge in [-0.2, -0.15) is 0 Å². The van der Waals surface area contributed by atoms with Crippen LogP contribution in [-0.2, 0) is 0 Å². The maximum atomic E-state index is 5.74. The first kappa shape index (κ1) is 12.3. The normalized spacial score (nSPS) is 15.0. The minimum Gasteiger partial charge on any atom is -0.494 e. The van der Waals surface area contributed by atoms with E-state index in [0.717, 1.165) is 31.2 Å². The van der Waals surface area contributed by atoms with E-state index < -0.39 is 0 Å². The highest BCUT2D eigenvalue weighted by Crippen LogP contribution is 2.29. The molecule has 0 aromatic heterocycles. The molecule has 0 atom stereocenters. The Bertz CT molecular complexity index is 345. The third-order valence-electron chi connectivity index (χ3n) is 3.09. The van der Waals surface area contributed by atoms with Gasteiger partial charge in [0.05, 0.1) is 6.61 Å². The number of benzene rings is 1. The van der Waals surface area contributed by atoms with Crippen LogP contribution in [0.3, 0.4) is 0 Å². The van der Waals surface area contributed by atoms with Gasteiger partial charge in [-0.1, -0.05) is 19.9 Å². The third-order valence-corrected chi connectivity index (χ3v) is 3.09. The summed E-state index contributed by atoms with van der Waals surface area (Å²) in [6.07, 6.45) is 3.88. The van der Waals surface area contributed by atoms with Gasteiger partial charge >= 0.3 is 0 Å². The average Bonchev–Trinajstić information content (AvgIpc) is 3.10. The minimum atomic E-state index is 0.700. The van der Waals surface area contributed by atoms with Crippen LogP contribution in [0.2, 0.25) is 0 Å². The summed E-state index contributed by atoms with van der Waals surface area (Å²) in [5.41, 5.74) is 1.18. The average molecular weight is 233 g/mol. The Morgan fingerprint density at radius 2 is 2.18 bits per heavy atom. The van der Waals surface area contributed by atoms with Crippen molar-refractivity contribution in [1.82, 2.24) is 0 Å². The van der Waals surface area contributed by atoms with Gasteiger partial charge in [-0.05, 0) is 43.2 Å². The van der Waals surface area contributed by atoms with Crippen molar-refractivity contribution < 1.29 is 4.74 Å². The van der Waals surface area contributed by atoms with Gasteiger partial charge in [-0.3, -0.25) is 0 Å². The number of anilines is 1. The highest BCUT2D eigenvalue weighted by molar-refractivity contribution is 5.48. The molecule has 1 aliphatic carbocycles. The smallest absolute Gasteiger partial charge is 0.121 e. The molecule has 2 heteroatoms. The summed E-state index contributed by atoms with van der Waals surface area (Å²) in [6.45, 7) is 6.35. The van der Waals surface area contributed by atoms with Gasteiger partial charge in [-0.25, -0.2) is 0 Å². The standard InChI is InChI=1S/C15H23NO/c1-12(2)8-9-17-15-5-3-4-14(10-15)16-11-13-6-7-13/h3-5,10,12-13,16H,6-9,11H2,1-2H3. The fourth-order valence-corrected chi connectivity index (χ4v) is 1.69. The number of ether oxygens (including phenoxy) is 1. The van der Waals surface area contributed by atoms with E-state index in [-0.39, 0.29) is 0 Å². The SMILES string of the molecule is CC(C)CCOc1cccc(NCC2CC2)c1. The predicted octanol–water partition coefficient (Wildman–Crippen LogP) is 3.93. The Morgan fingerprint density at radius 3 is 2.88 bits per heavy atom. The molecule has 0 aliphatic heterocycles. The molecule has 0 radical (unpaired) electrons. The van der Waals surface area contributed by atoms with E-state index >= 15 is 0 Å². The highest BCUT2D eigenvalue weighted by Gasteiger charge is 2.20. The molecule has 1 fully saturated rings. The van der Waals surface area contributed by atoms with Crippen LogP contribution in [0.4, 0.5) is 5.69 Å². The van der Waals surface area contributed by atoms with Gasteiger partial charge in [0.15, 0.2) is 0 Å². The lowest BCUT2D eigenvalue weighted by Gasteiger charge is -2.10. The Hall–Kier alpha value is -1.18. The van der Waals surface area contributed by atoms with Gasteiger partial charge in [0.1, 0.15) is 5.75 Å². The lowest BCUT2D eigenvalue weighted by molar-refractivity contribution is 0.289. The molecule has 1 aromatic rings. The molecule has 2 rings (SSSR count). The Morgan fingerprint density at radius 1 is 1.35 bits per heavy atom. The molecule has 1 aromatic carbocycles. The molecule has 2 nitrogen and oxygen atoms in total. The summed E-state index contributed by atoms with van der Waals surface area (Å²) in [6, 6.07) is 8.29. The molecular weight excluding hydrogens is 210 g/mol. The molecule has 94 valence electrons. The summed E-state index contributed by atoms with van der Waals surface area (Å²) >= 11 is 0. The third kappa shape index (κ3) is 4.68. The number of hydrogen-bond donors (Lipinski definition) is 1. The second-order valence-corrected chi connectivity index (χ2v) is 5.38. The maximum absolute atomic E-state index is 5.74. The van der Waals surface area contributed by atoms with Crippen molar-refractivity contribution in [3.63, 3.8) is 0 Å². The van der Waals surface area contributed by atoms with Crippen LogP contribution in [0.1, 0.15) is 33.1 Å². The van der Waals surface area contributed by atoms with Crippen LogP contribution in [0.5, 0.6) is 5.75 Å². The first-order valence-electron chi connectivity index (χ1n) is 6.71. The topological polar surface area (TPSA) is 21.3 Å². The predicted molar refractivity (Wildman–Crippen MR) is 72.6 cm³/mol. The first-order chi connectivity index (χ1) is 8.24. The summed E-state index contributed by atoms with van der Waals surface area (Å²) in [4.78, 5) is 0. The highest BCUT2D eigenvalue weighted by atomic mass is 16.5. The molecular formula is C15H23NO. The van der Waals surface area contributed by atoms with Crippen LogP contribution < -0.4 is 10.1 Å². The van der Waals surface area contributed by atoms with Crippen molar-refractivity contribution >= 4 is 5.69 Å². The van der Waals surface area contributed by atoms with E-state index in [0.29, 0.717) is 5.92 Å². The van der Waals surface area contributed by atoms with Crippen molar-refractivity contribution in [1.29, 1.82) is 0 Å². The number of rotatable bonds is 7. The summed E-state index contributed by atoms with van der Waals surface area (Å²) in [7, 11) is 0. The second kappa shape index (κ2) is 5.95. The zero-order valence-electron chi connectivity index (χ0n) is 10.9. The van der Waals surface area contributed by atoms with Gasteiger partial charge in [0.25, 0.3) is 0 Å². The zero-order chi connectivity index (χ0) is 12.1. The van der Waals surface area contributed by atoms with Gasteiger partial charge in [0.2, 0.25) is 0 Å². The number of nitrogens with one attached hydrogen (secondary N) is 1. The van der Waals surface area contributed by atoms with E-state index in [1.165, 1.54) is 18.5 Å². The van der Waals surface area contributed by atoms with Crippen molar-refractivity contribution in [3.05, 3.63) is 24.3 Å². The van der Waals surface area contributed by atoms with Gasteiger partial charge < -0.3 is 10.1 Å². The van der Waals surface area contributed by atoms with Gasteiger partial charge in [0, 0.05) is 18.3 Å². The summed E-state index contributed by atoms with van der Waals surface area (Å²) in [5, 5.41) is 3.47. The fraction of sp³-hybridized carbons (Fsp3) is 0.600. The number of hydrogen-bond acceptors (Lipinski definition) is 2. The Kier molecular flexibility index (Phi) is 4.29. The maximum Gasteiger partial charge on any atom is 0.121 e. The van der Waals surface area contributed by atoms with Gasteiger partial charge in [-0.15, -0.1) is 0 Å². The van der Waals surface area contributed by atoms with E-state index in [2.05, 4.69) is 37.4 Å². The largest absolute Gasteiger partial charge is 0.494 e. The molecule has 0 bridgehead atoms. The lowest BCUT2D eigenvalue weighted by Crippen LogP contribution is -2.04. The van der Waals surface area contributed by atoms with Crippen LogP contribution in [0, 0.1) is 11.8 Å². The molecule has 0 spiro atoms. The van der Waals surface area contributed by atoms with E-state index in [9.17, 15) is 0 Å². The van der Waals surface area contributed by atoms with Crippen molar-refractivity contribution in [2.75, 3.05) is 18.5 Å². The van der Waals surface area contributed by atoms with E-state index in [4.69, 9.17) is 4.74 Å². The quantitative estimate of drug-likeness (QED) is 0.770. The molecule has 0 saturated heterocycles. The first-order valence-corrected chi connectivity index (χ1v) is 6.71. The van der Waals surface area contributed by atoms with Crippen LogP contribution >= 0.6 is 0 Å². The lowest BCUT2D eigenvalue weighted by atomic mass is 10.1. The minimum absolute atomic E-state index is 0.700. The Balaban J connectivity index is 1.78.